The third-order valence-corrected chi connectivity index (χ3v) is 5.21. The summed E-state index contributed by atoms with van der Waals surface area (Å²) < 4.78 is 24.3. The van der Waals surface area contributed by atoms with Gasteiger partial charge in [-0.05, 0) is 19.4 Å². The van der Waals surface area contributed by atoms with E-state index in [0.717, 1.165) is 36.6 Å². The largest absolute Gasteiger partial charge is 0.311 e. The Morgan fingerprint density at radius 3 is 2.68 bits per heavy atom. The maximum absolute atomic E-state index is 11.4. The van der Waals surface area contributed by atoms with E-state index in [4.69, 9.17) is 0 Å². The topological polar surface area (TPSA) is 62.3 Å². The Kier molecular flexibility index (Phi) is 6.92. The highest BCUT2D eigenvalue weighted by Crippen LogP contribution is 2.09. The van der Waals surface area contributed by atoms with Crippen molar-refractivity contribution in [3.05, 3.63) is 16.1 Å². The average molecular weight is 305 g/mol. The quantitative estimate of drug-likeness (QED) is 0.702. The van der Waals surface area contributed by atoms with Crippen LogP contribution in [0, 0.1) is 0 Å². The van der Waals surface area contributed by atoms with Crippen molar-refractivity contribution < 1.29 is 8.42 Å². The van der Waals surface area contributed by atoms with E-state index in [-0.39, 0.29) is 0 Å². The molecule has 0 saturated carbocycles. The van der Waals surface area contributed by atoms with Gasteiger partial charge in [-0.25, -0.2) is 17.7 Å². The Morgan fingerprint density at radius 1 is 1.42 bits per heavy atom. The maximum atomic E-state index is 11.4. The van der Waals surface area contributed by atoms with Crippen LogP contribution in [0.15, 0.2) is 5.38 Å². The molecule has 0 aromatic carbocycles. The maximum Gasteiger partial charge on any atom is 0.211 e. The normalized spacial score (nSPS) is 12.2. The van der Waals surface area contributed by atoms with Crippen LogP contribution in [-0.2, 0) is 23.0 Å². The predicted octanol–water partition coefficient (Wildman–Crippen LogP) is 1.47. The summed E-state index contributed by atoms with van der Waals surface area (Å²) in [7, 11) is -3.06. The number of sulfonamides is 1. The summed E-state index contributed by atoms with van der Waals surface area (Å²) in [4.78, 5) is 4.47. The first-order valence-electron chi connectivity index (χ1n) is 6.56. The van der Waals surface area contributed by atoms with E-state index in [9.17, 15) is 8.42 Å². The third kappa shape index (κ3) is 5.99. The molecule has 0 atom stereocenters. The van der Waals surface area contributed by atoms with Gasteiger partial charge in [-0.1, -0.05) is 13.8 Å². The zero-order valence-corrected chi connectivity index (χ0v) is 13.5. The van der Waals surface area contributed by atoms with Crippen LogP contribution in [0.3, 0.4) is 0 Å². The molecule has 0 aliphatic rings. The Balaban J connectivity index is 2.20. The van der Waals surface area contributed by atoms with Gasteiger partial charge in [0.25, 0.3) is 0 Å². The molecule has 0 aliphatic carbocycles. The van der Waals surface area contributed by atoms with Crippen molar-refractivity contribution in [2.75, 3.05) is 25.9 Å². The van der Waals surface area contributed by atoms with Crippen molar-refractivity contribution in [2.45, 2.75) is 33.2 Å². The Hall–Kier alpha value is -0.500. The van der Waals surface area contributed by atoms with Crippen molar-refractivity contribution in [1.29, 1.82) is 0 Å². The lowest BCUT2D eigenvalue weighted by molar-refractivity contribution is 0.419. The molecular weight excluding hydrogens is 282 g/mol. The summed E-state index contributed by atoms with van der Waals surface area (Å²) in [5.41, 5.74) is 1.07. The van der Waals surface area contributed by atoms with Crippen LogP contribution in [0.25, 0.3) is 0 Å². The monoisotopic (exact) mass is 305 g/mol. The highest BCUT2D eigenvalue weighted by Gasteiger charge is 2.12. The van der Waals surface area contributed by atoms with E-state index >= 15 is 0 Å². The van der Waals surface area contributed by atoms with Crippen LogP contribution in [0.5, 0.6) is 0 Å². The van der Waals surface area contributed by atoms with Gasteiger partial charge in [0.2, 0.25) is 10.0 Å². The van der Waals surface area contributed by atoms with E-state index in [1.807, 2.05) is 6.92 Å². The van der Waals surface area contributed by atoms with Crippen molar-refractivity contribution in [2.24, 2.45) is 0 Å². The van der Waals surface area contributed by atoms with Gasteiger partial charge in [-0.2, -0.15) is 0 Å². The van der Waals surface area contributed by atoms with Crippen LogP contribution in [-0.4, -0.2) is 43.6 Å². The van der Waals surface area contributed by atoms with E-state index in [0.29, 0.717) is 13.1 Å². The van der Waals surface area contributed by atoms with Gasteiger partial charge in [-0.15, -0.1) is 11.3 Å². The molecule has 1 aromatic heterocycles. The Bertz CT molecular complexity index is 471. The molecule has 5 nitrogen and oxygen atoms in total. The Labute approximate surface area is 120 Å². The minimum atomic E-state index is -3.06. The third-order valence-electron chi connectivity index (χ3n) is 2.79. The zero-order valence-electron chi connectivity index (χ0n) is 11.8. The van der Waals surface area contributed by atoms with Crippen LogP contribution in [0.2, 0.25) is 0 Å². The fraction of sp³-hybridized carbons (Fsp3) is 0.750. The average Bonchev–Trinajstić information content (AvgIpc) is 2.80. The minimum absolute atomic E-state index is 0.533. The highest BCUT2D eigenvalue weighted by atomic mass is 32.2. The van der Waals surface area contributed by atoms with Gasteiger partial charge in [-0.3, -0.25) is 0 Å². The molecule has 0 aliphatic heterocycles. The second-order valence-electron chi connectivity index (χ2n) is 4.37. The molecule has 0 saturated heterocycles. The zero-order chi connectivity index (χ0) is 14.3. The Morgan fingerprint density at radius 2 is 2.16 bits per heavy atom. The molecule has 0 spiro atoms. The van der Waals surface area contributed by atoms with Gasteiger partial charge >= 0.3 is 0 Å². The van der Waals surface area contributed by atoms with E-state index in [2.05, 4.69) is 22.6 Å². The van der Waals surface area contributed by atoms with Crippen molar-refractivity contribution in [3.63, 3.8) is 0 Å². The van der Waals surface area contributed by atoms with Crippen molar-refractivity contribution >= 4 is 21.4 Å². The number of rotatable bonds is 9. The van der Waals surface area contributed by atoms with Gasteiger partial charge in [0.1, 0.15) is 0 Å². The van der Waals surface area contributed by atoms with Crippen LogP contribution in [0.1, 0.15) is 31.0 Å². The van der Waals surface area contributed by atoms with E-state index < -0.39 is 10.0 Å². The van der Waals surface area contributed by atoms with Crippen molar-refractivity contribution in [1.82, 2.24) is 14.6 Å². The highest BCUT2D eigenvalue weighted by molar-refractivity contribution is 7.88. The van der Waals surface area contributed by atoms with Crippen LogP contribution < -0.4 is 5.32 Å². The SMILES string of the molecule is CCc1nc(CNCCCN(CC)S(C)(=O)=O)cs1. The summed E-state index contributed by atoms with van der Waals surface area (Å²) in [5.74, 6) is 0. The molecule has 1 heterocycles. The lowest BCUT2D eigenvalue weighted by Gasteiger charge is -2.17. The first kappa shape index (κ1) is 16.6. The van der Waals surface area contributed by atoms with Gasteiger partial charge in [0, 0.05) is 25.0 Å². The second kappa shape index (κ2) is 7.94. The van der Waals surface area contributed by atoms with Crippen molar-refractivity contribution in [3.8, 4) is 0 Å². The first-order chi connectivity index (χ1) is 8.97. The van der Waals surface area contributed by atoms with E-state index in [1.54, 1.807) is 11.3 Å². The summed E-state index contributed by atoms with van der Waals surface area (Å²) in [6.45, 7) is 6.60. The number of hydrogen-bond acceptors (Lipinski definition) is 5. The number of nitrogens with one attached hydrogen (secondary N) is 1. The van der Waals surface area contributed by atoms with E-state index in [1.165, 1.54) is 10.6 Å². The number of hydrogen-bond donors (Lipinski definition) is 1. The fourth-order valence-corrected chi connectivity index (χ4v) is 3.42. The fourth-order valence-electron chi connectivity index (χ4n) is 1.75. The lowest BCUT2D eigenvalue weighted by Crippen LogP contribution is -2.32. The number of nitrogens with zero attached hydrogens (tertiary/aromatic N) is 2. The first-order valence-corrected chi connectivity index (χ1v) is 9.29. The number of aromatic nitrogens is 1. The lowest BCUT2D eigenvalue weighted by atomic mass is 10.4. The van der Waals surface area contributed by atoms with Gasteiger partial charge < -0.3 is 5.32 Å². The summed E-state index contributed by atoms with van der Waals surface area (Å²) in [6.07, 6.45) is 3.04. The summed E-state index contributed by atoms with van der Waals surface area (Å²) in [5, 5.41) is 6.52. The molecule has 0 fully saturated rings. The predicted molar refractivity (Wildman–Crippen MR) is 79.9 cm³/mol. The molecular formula is C12H23N3O2S2. The summed E-state index contributed by atoms with van der Waals surface area (Å²) >= 11 is 1.69. The second-order valence-corrected chi connectivity index (χ2v) is 7.30. The molecule has 110 valence electrons. The standard InChI is InChI=1S/C12H23N3O2S2/c1-4-12-14-11(10-18-12)9-13-7-6-8-15(5-2)19(3,16)17/h10,13H,4-9H2,1-3H3. The molecule has 0 bridgehead atoms. The molecule has 0 radical (unpaired) electrons. The van der Waals surface area contributed by atoms with Gasteiger partial charge in [0.05, 0.1) is 17.0 Å². The molecule has 7 heteroatoms. The number of aryl methyl sites for hydroxylation is 1. The van der Waals surface area contributed by atoms with Crippen LogP contribution in [0.4, 0.5) is 0 Å². The smallest absolute Gasteiger partial charge is 0.211 e. The molecule has 19 heavy (non-hydrogen) atoms. The minimum Gasteiger partial charge on any atom is -0.311 e. The molecule has 1 aromatic rings. The molecule has 0 unspecified atom stereocenters. The molecule has 1 rings (SSSR count). The summed E-state index contributed by atoms with van der Waals surface area (Å²) in [6, 6.07) is 0. The number of thiazole rings is 1. The van der Waals surface area contributed by atoms with Gasteiger partial charge in [0.15, 0.2) is 0 Å². The molecule has 1 N–H and O–H groups in total. The van der Waals surface area contributed by atoms with Crippen LogP contribution >= 0.6 is 11.3 Å². The molecule has 0 amide bonds.